The molecule has 0 aliphatic heterocycles. The second-order valence-corrected chi connectivity index (χ2v) is 7.88. The minimum absolute atomic E-state index is 0.493. The highest BCUT2D eigenvalue weighted by Crippen LogP contribution is 2.62. The van der Waals surface area contributed by atoms with Crippen LogP contribution in [0.4, 0.5) is 0 Å². The molecular formula is C17H33N. The lowest BCUT2D eigenvalue weighted by atomic mass is 9.68. The first-order chi connectivity index (χ1) is 8.35. The molecule has 0 aromatic rings. The molecule has 2 fully saturated rings. The average Bonchev–Trinajstić information content (AvgIpc) is 2.77. The molecule has 4 atom stereocenters. The lowest BCUT2D eigenvalue weighted by Crippen LogP contribution is -2.54. The van der Waals surface area contributed by atoms with Crippen LogP contribution in [0.5, 0.6) is 0 Å². The van der Waals surface area contributed by atoms with E-state index in [2.05, 4.69) is 46.9 Å². The van der Waals surface area contributed by atoms with Gasteiger partial charge in [-0.1, -0.05) is 47.5 Å². The summed E-state index contributed by atoms with van der Waals surface area (Å²) in [5.41, 5.74) is 1.06. The molecule has 106 valence electrons. The molecule has 1 heteroatoms. The van der Waals surface area contributed by atoms with Crippen molar-refractivity contribution >= 4 is 0 Å². The van der Waals surface area contributed by atoms with E-state index >= 15 is 0 Å². The molecule has 0 saturated heterocycles. The van der Waals surface area contributed by atoms with E-state index in [1.165, 1.54) is 32.1 Å². The Morgan fingerprint density at radius 3 is 2.22 bits per heavy atom. The van der Waals surface area contributed by atoms with Crippen LogP contribution in [0.15, 0.2) is 0 Å². The largest absolute Gasteiger partial charge is 0.310 e. The van der Waals surface area contributed by atoms with Crippen molar-refractivity contribution in [3.8, 4) is 0 Å². The van der Waals surface area contributed by atoms with Crippen LogP contribution in [0.3, 0.4) is 0 Å². The summed E-state index contributed by atoms with van der Waals surface area (Å²) in [4.78, 5) is 0. The van der Waals surface area contributed by atoms with Gasteiger partial charge in [0, 0.05) is 12.1 Å². The number of nitrogens with one attached hydrogen (secondary N) is 1. The maximum atomic E-state index is 4.04. The van der Waals surface area contributed by atoms with E-state index in [9.17, 15) is 0 Å². The van der Waals surface area contributed by atoms with Crippen LogP contribution in [0.1, 0.15) is 73.6 Å². The fourth-order valence-electron chi connectivity index (χ4n) is 5.11. The van der Waals surface area contributed by atoms with Gasteiger partial charge in [-0.2, -0.15) is 0 Å². The Labute approximate surface area is 114 Å². The van der Waals surface area contributed by atoms with Crippen LogP contribution in [-0.4, -0.2) is 12.1 Å². The molecule has 0 amide bonds. The van der Waals surface area contributed by atoms with Crippen LogP contribution in [0, 0.1) is 22.7 Å². The quantitative estimate of drug-likeness (QED) is 0.752. The summed E-state index contributed by atoms with van der Waals surface area (Å²) in [5.74, 6) is 1.79. The van der Waals surface area contributed by atoms with Crippen molar-refractivity contribution in [3.05, 3.63) is 0 Å². The number of hydrogen-bond donors (Lipinski definition) is 1. The number of hydrogen-bond acceptors (Lipinski definition) is 1. The topological polar surface area (TPSA) is 12.0 Å². The minimum atomic E-state index is 0.493. The molecule has 4 unspecified atom stereocenters. The zero-order chi connectivity index (χ0) is 13.6. The Balaban J connectivity index is 2.09. The smallest absolute Gasteiger partial charge is 0.0177 e. The van der Waals surface area contributed by atoms with Crippen molar-refractivity contribution in [2.24, 2.45) is 22.7 Å². The van der Waals surface area contributed by atoms with Crippen molar-refractivity contribution < 1.29 is 0 Å². The molecule has 1 nitrogen and oxygen atoms in total. The molecular weight excluding hydrogens is 218 g/mol. The van der Waals surface area contributed by atoms with Crippen molar-refractivity contribution in [2.45, 2.75) is 85.7 Å². The van der Waals surface area contributed by atoms with Gasteiger partial charge in [0.15, 0.2) is 0 Å². The predicted molar refractivity (Wildman–Crippen MR) is 79.7 cm³/mol. The first-order valence-corrected chi connectivity index (χ1v) is 8.11. The standard InChI is InChI=1S/C17H33N/c1-7-13(8-2)12(3)18-15-16(4,5)14-9-10-17(15,6)11-14/h12-15,18H,7-11H2,1-6H3. The van der Waals surface area contributed by atoms with Gasteiger partial charge in [-0.15, -0.1) is 0 Å². The van der Waals surface area contributed by atoms with Crippen LogP contribution in [-0.2, 0) is 0 Å². The normalized spacial score (nSPS) is 39.5. The molecule has 0 heterocycles. The van der Waals surface area contributed by atoms with Gasteiger partial charge in [0.05, 0.1) is 0 Å². The summed E-state index contributed by atoms with van der Waals surface area (Å²) in [6.45, 7) is 14.6. The molecule has 2 rings (SSSR count). The number of rotatable bonds is 5. The van der Waals surface area contributed by atoms with E-state index in [4.69, 9.17) is 0 Å². The Morgan fingerprint density at radius 2 is 1.78 bits per heavy atom. The molecule has 0 aromatic heterocycles. The van der Waals surface area contributed by atoms with E-state index in [1.54, 1.807) is 0 Å². The third-order valence-electron chi connectivity index (χ3n) is 6.46. The lowest BCUT2D eigenvalue weighted by Gasteiger charge is -2.45. The fourth-order valence-corrected chi connectivity index (χ4v) is 5.11. The maximum absolute atomic E-state index is 4.04. The Kier molecular flexibility index (Phi) is 3.84. The minimum Gasteiger partial charge on any atom is -0.310 e. The number of fused-ring (bicyclic) bond motifs is 2. The van der Waals surface area contributed by atoms with E-state index in [-0.39, 0.29) is 0 Å². The van der Waals surface area contributed by atoms with Gasteiger partial charge in [0.25, 0.3) is 0 Å². The maximum Gasteiger partial charge on any atom is 0.0177 e. The second-order valence-electron chi connectivity index (χ2n) is 7.88. The fraction of sp³-hybridized carbons (Fsp3) is 1.00. The van der Waals surface area contributed by atoms with Gasteiger partial charge in [-0.25, -0.2) is 0 Å². The van der Waals surface area contributed by atoms with Crippen molar-refractivity contribution in [2.75, 3.05) is 0 Å². The third kappa shape index (κ3) is 2.13. The molecule has 0 aromatic carbocycles. The highest BCUT2D eigenvalue weighted by Gasteiger charge is 2.59. The summed E-state index contributed by atoms with van der Waals surface area (Å²) in [6, 6.07) is 1.39. The van der Waals surface area contributed by atoms with Crippen molar-refractivity contribution in [3.63, 3.8) is 0 Å². The Morgan fingerprint density at radius 1 is 1.17 bits per heavy atom. The monoisotopic (exact) mass is 251 g/mol. The van der Waals surface area contributed by atoms with Crippen LogP contribution in [0.2, 0.25) is 0 Å². The first kappa shape index (κ1) is 14.4. The molecule has 2 aliphatic carbocycles. The first-order valence-electron chi connectivity index (χ1n) is 8.11. The lowest BCUT2D eigenvalue weighted by molar-refractivity contribution is 0.0909. The van der Waals surface area contributed by atoms with E-state index in [1.807, 2.05) is 0 Å². The van der Waals surface area contributed by atoms with Crippen molar-refractivity contribution in [1.82, 2.24) is 5.32 Å². The average molecular weight is 251 g/mol. The summed E-state index contributed by atoms with van der Waals surface area (Å²) in [5, 5.41) is 4.04. The molecule has 0 radical (unpaired) electrons. The Bertz CT molecular complexity index is 287. The van der Waals surface area contributed by atoms with Crippen molar-refractivity contribution in [1.29, 1.82) is 0 Å². The SMILES string of the molecule is CCC(CC)C(C)NC1C2(C)CCC(C2)C1(C)C. The predicted octanol–water partition coefficient (Wildman–Crippen LogP) is 4.62. The van der Waals surface area contributed by atoms with Gasteiger partial charge >= 0.3 is 0 Å². The molecule has 18 heavy (non-hydrogen) atoms. The van der Waals surface area contributed by atoms with Crippen LogP contribution < -0.4 is 5.32 Å². The molecule has 2 saturated carbocycles. The Hall–Kier alpha value is -0.0400. The summed E-state index contributed by atoms with van der Waals surface area (Å²) >= 11 is 0. The summed E-state index contributed by atoms with van der Waals surface area (Å²) in [7, 11) is 0. The van der Waals surface area contributed by atoms with E-state index in [0.29, 0.717) is 16.9 Å². The van der Waals surface area contributed by atoms with E-state index < -0.39 is 0 Å². The van der Waals surface area contributed by atoms with Crippen LogP contribution in [0.25, 0.3) is 0 Å². The highest BCUT2D eigenvalue weighted by molar-refractivity contribution is 5.12. The van der Waals surface area contributed by atoms with Gasteiger partial charge < -0.3 is 5.32 Å². The summed E-state index contributed by atoms with van der Waals surface area (Å²) < 4.78 is 0. The van der Waals surface area contributed by atoms with Gasteiger partial charge in [-0.05, 0) is 48.9 Å². The van der Waals surface area contributed by atoms with E-state index in [0.717, 1.165) is 17.9 Å². The zero-order valence-corrected chi connectivity index (χ0v) is 13.3. The zero-order valence-electron chi connectivity index (χ0n) is 13.3. The molecule has 1 N–H and O–H groups in total. The van der Waals surface area contributed by atoms with Gasteiger partial charge in [-0.3, -0.25) is 0 Å². The van der Waals surface area contributed by atoms with Gasteiger partial charge in [0.2, 0.25) is 0 Å². The third-order valence-corrected chi connectivity index (χ3v) is 6.46. The molecule has 0 spiro atoms. The van der Waals surface area contributed by atoms with Gasteiger partial charge in [0.1, 0.15) is 0 Å². The molecule has 2 bridgehead atoms. The highest BCUT2D eigenvalue weighted by atomic mass is 15.0. The summed E-state index contributed by atoms with van der Waals surface area (Å²) in [6.07, 6.45) is 6.96. The van der Waals surface area contributed by atoms with Crippen LogP contribution >= 0.6 is 0 Å². The second kappa shape index (κ2) is 4.81. The molecule has 2 aliphatic rings.